The van der Waals surface area contributed by atoms with Gasteiger partial charge in [-0.25, -0.2) is 0 Å². The molecule has 6 unspecified atom stereocenters. The number of rotatable bonds is 15. The Hall–Kier alpha value is -3.89. The highest BCUT2D eigenvalue weighted by Crippen LogP contribution is 2.41. The second kappa shape index (κ2) is 18.9. The second-order valence-corrected chi connectivity index (χ2v) is 14.4. The summed E-state index contributed by atoms with van der Waals surface area (Å²) in [7, 11) is 0. The van der Waals surface area contributed by atoms with Crippen LogP contribution in [-0.2, 0) is 64.4 Å². The molecular formula is C45H54O8. The van der Waals surface area contributed by atoms with Gasteiger partial charge < -0.3 is 33.2 Å². The van der Waals surface area contributed by atoms with Crippen LogP contribution < -0.4 is 0 Å². The Balaban J connectivity index is 1.35. The number of esters is 1. The van der Waals surface area contributed by atoms with Crippen LogP contribution in [0.5, 0.6) is 0 Å². The van der Waals surface area contributed by atoms with E-state index in [1.165, 1.54) is 6.92 Å². The van der Waals surface area contributed by atoms with Crippen LogP contribution in [0, 0.1) is 11.8 Å². The van der Waals surface area contributed by atoms with Crippen LogP contribution in [0.4, 0.5) is 0 Å². The van der Waals surface area contributed by atoms with Crippen molar-refractivity contribution in [3.63, 3.8) is 0 Å². The van der Waals surface area contributed by atoms with Crippen LogP contribution in [0.15, 0.2) is 121 Å². The predicted octanol–water partition coefficient (Wildman–Crippen LogP) is 8.11. The van der Waals surface area contributed by atoms with E-state index in [1.54, 1.807) is 0 Å². The number of hydrogen-bond acceptors (Lipinski definition) is 8. The highest BCUT2D eigenvalue weighted by molar-refractivity contribution is 5.66. The first-order valence-corrected chi connectivity index (χ1v) is 18.9. The molecule has 2 aliphatic rings. The van der Waals surface area contributed by atoms with Gasteiger partial charge in [-0.05, 0) is 36.1 Å². The van der Waals surface area contributed by atoms with Gasteiger partial charge >= 0.3 is 5.97 Å². The van der Waals surface area contributed by atoms with Crippen molar-refractivity contribution in [3.05, 3.63) is 144 Å². The van der Waals surface area contributed by atoms with E-state index in [9.17, 15) is 4.79 Å². The van der Waals surface area contributed by atoms with Crippen LogP contribution in [0.25, 0.3) is 0 Å². The molecule has 0 spiro atoms. The zero-order chi connectivity index (χ0) is 37.2. The number of carbonyl (C=O) groups is 1. The van der Waals surface area contributed by atoms with Crippen molar-refractivity contribution in [3.8, 4) is 0 Å². The predicted molar refractivity (Wildman–Crippen MR) is 203 cm³/mol. The van der Waals surface area contributed by atoms with Crippen LogP contribution in [0.3, 0.4) is 0 Å². The summed E-state index contributed by atoms with van der Waals surface area (Å²) in [5, 5.41) is 0. The number of benzene rings is 4. The van der Waals surface area contributed by atoms with Crippen molar-refractivity contribution in [2.75, 3.05) is 0 Å². The molecule has 0 bridgehead atoms. The van der Waals surface area contributed by atoms with Gasteiger partial charge in [0.25, 0.3) is 0 Å². The van der Waals surface area contributed by atoms with Gasteiger partial charge in [0.1, 0.15) is 12.2 Å². The van der Waals surface area contributed by atoms with E-state index < -0.39 is 42.6 Å². The van der Waals surface area contributed by atoms with E-state index >= 15 is 0 Å². The molecule has 2 fully saturated rings. The molecule has 1 saturated heterocycles. The lowest BCUT2D eigenvalue weighted by molar-refractivity contribution is -0.293. The Morgan fingerprint density at radius 2 is 0.774 bits per heavy atom. The van der Waals surface area contributed by atoms with Gasteiger partial charge in [-0.15, -0.1) is 0 Å². The van der Waals surface area contributed by atoms with Crippen molar-refractivity contribution < 1.29 is 38.0 Å². The lowest BCUT2D eigenvalue weighted by atomic mass is 9.74. The van der Waals surface area contributed by atoms with E-state index in [2.05, 4.69) is 50.2 Å². The molecule has 4 aromatic carbocycles. The summed E-state index contributed by atoms with van der Waals surface area (Å²) >= 11 is 0. The lowest BCUT2D eigenvalue weighted by Gasteiger charge is -2.52. The van der Waals surface area contributed by atoms with E-state index in [0.29, 0.717) is 26.4 Å². The summed E-state index contributed by atoms with van der Waals surface area (Å²) in [6.07, 6.45) is -4.20. The zero-order valence-corrected chi connectivity index (χ0v) is 31.5. The largest absolute Gasteiger partial charge is 0.457 e. The first kappa shape index (κ1) is 38.8. The molecule has 11 atom stereocenters. The minimum Gasteiger partial charge on any atom is -0.457 e. The van der Waals surface area contributed by atoms with Crippen molar-refractivity contribution in [2.45, 2.75) is 116 Å². The normalized spacial score (nSPS) is 30.1. The molecule has 0 amide bonds. The summed E-state index contributed by atoms with van der Waals surface area (Å²) in [6.45, 7) is 11.2. The van der Waals surface area contributed by atoms with Gasteiger partial charge in [0, 0.05) is 18.8 Å². The topological polar surface area (TPSA) is 81.7 Å². The number of ether oxygens (including phenoxy) is 7. The summed E-state index contributed by atoms with van der Waals surface area (Å²) < 4.78 is 46.8. The molecule has 1 aliphatic carbocycles. The summed E-state index contributed by atoms with van der Waals surface area (Å²) in [6, 6.07) is 40.6. The first-order chi connectivity index (χ1) is 25.8. The molecule has 6 rings (SSSR count). The Kier molecular flexibility index (Phi) is 13.9. The van der Waals surface area contributed by atoms with E-state index in [0.717, 1.165) is 22.3 Å². The molecule has 0 N–H and O–H groups in total. The molecule has 8 nitrogen and oxygen atoms in total. The molecule has 8 heteroatoms. The Bertz CT molecular complexity index is 1660. The van der Waals surface area contributed by atoms with Gasteiger partial charge in [0.05, 0.1) is 63.1 Å². The molecule has 4 aromatic rings. The molecule has 53 heavy (non-hydrogen) atoms. The van der Waals surface area contributed by atoms with Crippen LogP contribution in [0.2, 0.25) is 0 Å². The van der Waals surface area contributed by atoms with Crippen molar-refractivity contribution in [1.82, 2.24) is 0 Å². The Labute approximate surface area is 314 Å². The minimum atomic E-state index is -0.711. The fourth-order valence-corrected chi connectivity index (χ4v) is 7.71. The van der Waals surface area contributed by atoms with Crippen LogP contribution >= 0.6 is 0 Å². The van der Waals surface area contributed by atoms with Crippen molar-refractivity contribution in [1.29, 1.82) is 0 Å². The van der Waals surface area contributed by atoms with Gasteiger partial charge in [-0.2, -0.15) is 0 Å². The highest BCUT2D eigenvalue weighted by Gasteiger charge is 2.54. The average Bonchev–Trinajstić information content (AvgIpc) is 3.17. The number of carbonyl (C=O) groups excluding carboxylic acids is 1. The van der Waals surface area contributed by atoms with Crippen molar-refractivity contribution >= 4 is 5.97 Å². The smallest absolute Gasteiger partial charge is 0.303 e. The monoisotopic (exact) mass is 722 g/mol. The van der Waals surface area contributed by atoms with E-state index in [-0.39, 0.29) is 30.1 Å². The standard InChI is InChI=1S/C45H54O8/c1-30-39(47-26-35-18-10-6-11-19-35)40(48-27-36-20-12-7-13-21-36)31(2)42(41(30)49-28-37-22-14-8-15-23-37)53-45-43(50-29-38-24-16-9-17-25-38)32(3)51-33(4)44(45)52-34(5)46/h6-25,30-33,39-45H,26-29H2,1-5H3/t30?,31?,32?,33?,39-,40+,41?,42-,43-,44?,45-/m0/s1. The maximum absolute atomic E-state index is 12.6. The Morgan fingerprint density at radius 3 is 1.15 bits per heavy atom. The first-order valence-electron chi connectivity index (χ1n) is 18.9. The van der Waals surface area contributed by atoms with E-state index in [4.69, 9.17) is 33.2 Å². The zero-order valence-electron chi connectivity index (χ0n) is 31.5. The third-order valence-corrected chi connectivity index (χ3v) is 10.5. The second-order valence-electron chi connectivity index (χ2n) is 14.4. The minimum absolute atomic E-state index is 0.144. The third kappa shape index (κ3) is 10.2. The maximum atomic E-state index is 12.6. The van der Waals surface area contributed by atoms with Gasteiger partial charge in [0.2, 0.25) is 0 Å². The van der Waals surface area contributed by atoms with Crippen LogP contribution in [0.1, 0.15) is 56.9 Å². The molecule has 0 radical (unpaired) electrons. The SMILES string of the molecule is CC(=O)OC1C(C)OC(C)[C@H](OCc2ccccc2)[C@@H]1O[C@@H]1C(OCc2ccccc2)C(C)[C@H](OCc2ccccc2)[C@H](OCc2ccccc2)C1C. The fraction of sp³-hybridized carbons (Fsp3) is 0.444. The van der Waals surface area contributed by atoms with Crippen LogP contribution in [-0.4, -0.2) is 60.9 Å². The van der Waals surface area contributed by atoms with Crippen molar-refractivity contribution in [2.24, 2.45) is 11.8 Å². The lowest BCUT2D eigenvalue weighted by Crippen LogP contribution is -2.64. The van der Waals surface area contributed by atoms with Gasteiger partial charge in [-0.1, -0.05) is 135 Å². The summed E-state index contributed by atoms with van der Waals surface area (Å²) in [5.74, 6) is -0.747. The fourth-order valence-electron chi connectivity index (χ4n) is 7.71. The molecule has 282 valence electrons. The summed E-state index contributed by atoms with van der Waals surface area (Å²) in [4.78, 5) is 12.6. The van der Waals surface area contributed by atoms with Gasteiger partial charge in [0.15, 0.2) is 6.10 Å². The van der Waals surface area contributed by atoms with Gasteiger partial charge in [-0.3, -0.25) is 4.79 Å². The van der Waals surface area contributed by atoms with E-state index in [1.807, 2.05) is 98.8 Å². The quantitative estimate of drug-likeness (QED) is 0.114. The summed E-state index contributed by atoms with van der Waals surface area (Å²) in [5.41, 5.74) is 4.25. The third-order valence-electron chi connectivity index (χ3n) is 10.5. The highest BCUT2D eigenvalue weighted by atomic mass is 16.6. The average molecular weight is 723 g/mol. The number of hydrogen-bond donors (Lipinski definition) is 0. The molecule has 0 aromatic heterocycles. The molecule has 1 saturated carbocycles. The maximum Gasteiger partial charge on any atom is 0.303 e. The molecule has 1 heterocycles. The Morgan fingerprint density at radius 1 is 0.453 bits per heavy atom. The molecule has 1 aliphatic heterocycles. The molecular weight excluding hydrogens is 668 g/mol.